The predicted molar refractivity (Wildman–Crippen MR) is 23.5 cm³/mol. The van der Waals surface area contributed by atoms with Crippen molar-refractivity contribution >= 4 is 0 Å². The van der Waals surface area contributed by atoms with Crippen molar-refractivity contribution in [3.05, 3.63) is 11.9 Å². The molecule has 0 radical (unpaired) electrons. The Balaban J connectivity index is 2.83. The van der Waals surface area contributed by atoms with Crippen LogP contribution in [0.2, 0.25) is 0 Å². The average Bonchev–Trinajstić information content (AvgIpc) is 1.90. The zero-order valence-electron chi connectivity index (χ0n) is 4.02. The fourth-order valence-corrected chi connectivity index (χ4v) is 0.291. The molecule has 5 heteroatoms. The number of hydrogen-bond acceptors (Lipinski definition) is 5. The van der Waals surface area contributed by atoms with E-state index in [0.717, 1.165) is 0 Å². The van der Waals surface area contributed by atoms with Crippen LogP contribution >= 0.6 is 0 Å². The zero-order valence-corrected chi connectivity index (χ0v) is 4.02. The first-order chi connectivity index (χ1) is 3.93. The Morgan fingerprint density at radius 3 is 2.75 bits per heavy atom. The lowest BCUT2D eigenvalue weighted by Crippen LogP contribution is -1.95. The summed E-state index contributed by atoms with van der Waals surface area (Å²) in [5.41, 5.74) is 0.431. The highest BCUT2D eigenvalue weighted by Gasteiger charge is 1.86. The van der Waals surface area contributed by atoms with Crippen molar-refractivity contribution in [2.75, 3.05) is 0 Å². The van der Waals surface area contributed by atoms with Crippen LogP contribution in [0.4, 0.5) is 0 Å². The van der Waals surface area contributed by atoms with E-state index in [4.69, 9.17) is 5.11 Å². The smallest absolute Gasteiger partial charge is 0.110 e. The van der Waals surface area contributed by atoms with Crippen LogP contribution in [0.1, 0.15) is 5.69 Å². The average molecular weight is 112 g/mol. The Labute approximate surface area is 45.4 Å². The van der Waals surface area contributed by atoms with E-state index in [1.807, 2.05) is 0 Å². The van der Waals surface area contributed by atoms with Crippen molar-refractivity contribution in [3.63, 3.8) is 0 Å². The fraction of sp³-hybridized carbons (Fsp3) is 0.333. The van der Waals surface area contributed by atoms with Crippen LogP contribution in [0, 0.1) is 0 Å². The molecule has 0 aliphatic carbocycles. The lowest BCUT2D eigenvalue weighted by Gasteiger charge is -1.84. The summed E-state index contributed by atoms with van der Waals surface area (Å²) in [6, 6.07) is 0. The standard InChI is InChI=1S/C3H4N4O/c8-2-3-1-4-6-7-5-3/h1,8H,2H2. The van der Waals surface area contributed by atoms with E-state index < -0.39 is 0 Å². The molecular weight excluding hydrogens is 108 g/mol. The van der Waals surface area contributed by atoms with Crippen molar-refractivity contribution in [1.82, 2.24) is 20.6 Å². The summed E-state index contributed by atoms with van der Waals surface area (Å²) in [5, 5.41) is 21.5. The summed E-state index contributed by atoms with van der Waals surface area (Å²) in [5.74, 6) is 0. The van der Waals surface area contributed by atoms with Crippen molar-refractivity contribution in [1.29, 1.82) is 0 Å². The minimum Gasteiger partial charge on any atom is -0.390 e. The third kappa shape index (κ3) is 0.941. The molecule has 0 aliphatic rings. The van der Waals surface area contributed by atoms with Gasteiger partial charge in [0.15, 0.2) is 0 Å². The first-order valence-electron chi connectivity index (χ1n) is 2.04. The lowest BCUT2D eigenvalue weighted by molar-refractivity contribution is 0.273. The van der Waals surface area contributed by atoms with E-state index in [1.54, 1.807) is 0 Å². The Hall–Kier alpha value is -1.10. The Bertz CT molecular complexity index is 153. The highest BCUT2D eigenvalue weighted by atomic mass is 16.3. The van der Waals surface area contributed by atoms with Crippen LogP contribution in [-0.2, 0) is 6.61 Å². The highest BCUT2D eigenvalue weighted by Crippen LogP contribution is 1.81. The Morgan fingerprint density at radius 1 is 1.50 bits per heavy atom. The van der Waals surface area contributed by atoms with Crippen molar-refractivity contribution in [2.45, 2.75) is 6.61 Å². The highest BCUT2D eigenvalue weighted by molar-refractivity contribution is 4.84. The summed E-state index contributed by atoms with van der Waals surface area (Å²) < 4.78 is 0. The maximum absolute atomic E-state index is 8.37. The van der Waals surface area contributed by atoms with E-state index in [-0.39, 0.29) is 6.61 Å². The molecule has 0 aromatic carbocycles. The maximum Gasteiger partial charge on any atom is 0.110 e. The Morgan fingerprint density at radius 2 is 2.38 bits per heavy atom. The molecule has 1 aromatic rings. The van der Waals surface area contributed by atoms with Gasteiger partial charge in [0.2, 0.25) is 0 Å². The number of nitrogens with zero attached hydrogens (tertiary/aromatic N) is 4. The molecule has 0 unspecified atom stereocenters. The number of rotatable bonds is 1. The first-order valence-corrected chi connectivity index (χ1v) is 2.04. The molecule has 0 saturated carbocycles. The van der Waals surface area contributed by atoms with Gasteiger partial charge in [0.05, 0.1) is 12.8 Å². The molecular formula is C3H4N4O. The molecule has 1 N–H and O–H groups in total. The summed E-state index contributed by atoms with van der Waals surface area (Å²) in [7, 11) is 0. The van der Waals surface area contributed by atoms with Gasteiger partial charge in [-0.2, -0.15) is 0 Å². The van der Waals surface area contributed by atoms with Crippen LogP contribution < -0.4 is 0 Å². The number of hydrogen-bond donors (Lipinski definition) is 1. The summed E-state index contributed by atoms with van der Waals surface area (Å²) in [6.07, 6.45) is 1.35. The Kier molecular flexibility index (Phi) is 1.43. The molecule has 42 valence electrons. The minimum absolute atomic E-state index is 0.136. The normalized spacial score (nSPS) is 9.12. The van der Waals surface area contributed by atoms with Gasteiger partial charge in [0.1, 0.15) is 5.69 Å². The second kappa shape index (κ2) is 2.27. The second-order valence-electron chi connectivity index (χ2n) is 1.17. The monoisotopic (exact) mass is 112 g/mol. The van der Waals surface area contributed by atoms with Crippen LogP contribution in [0.15, 0.2) is 6.20 Å². The SMILES string of the molecule is OCc1cnnnn1. The third-order valence-electron chi connectivity index (χ3n) is 0.634. The topological polar surface area (TPSA) is 71.8 Å². The van der Waals surface area contributed by atoms with Crippen molar-refractivity contribution < 1.29 is 5.11 Å². The number of aliphatic hydroxyl groups excluding tert-OH is 1. The van der Waals surface area contributed by atoms with Gasteiger partial charge in [-0.25, -0.2) is 0 Å². The number of aromatic nitrogens is 4. The third-order valence-corrected chi connectivity index (χ3v) is 0.634. The molecule has 1 heterocycles. The van der Waals surface area contributed by atoms with Crippen LogP contribution in [0.25, 0.3) is 0 Å². The van der Waals surface area contributed by atoms with E-state index >= 15 is 0 Å². The van der Waals surface area contributed by atoms with Crippen molar-refractivity contribution in [2.24, 2.45) is 0 Å². The molecule has 0 atom stereocenters. The van der Waals surface area contributed by atoms with Crippen molar-refractivity contribution in [3.8, 4) is 0 Å². The largest absolute Gasteiger partial charge is 0.390 e. The van der Waals surface area contributed by atoms with Gasteiger partial charge in [0.25, 0.3) is 0 Å². The van der Waals surface area contributed by atoms with Gasteiger partial charge < -0.3 is 5.11 Å². The number of aliphatic hydroxyl groups is 1. The van der Waals surface area contributed by atoms with Crippen LogP contribution in [0.3, 0.4) is 0 Å². The van der Waals surface area contributed by atoms with E-state index in [1.165, 1.54) is 6.20 Å². The van der Waals surface area contributed by atoms with E-state index in [0.29, 0.717) is 5.69 Å². The minimum atomic E-state index is -0.136. The molecule has 0 amide bonds. The predicted octanol–water partition coefficient (Wildman–Crippen LogP) is -1.24. The first kappa shape index (κ1) is 5.04. The molecule has 0 spiro atoms. The van der Waals surface area contributed by atoms with Gasteiger partial charge in [-0.15, -0.1) is 10.2 Å². The van der Waals surface area contributed by atoms with Crippen LogP contribution in [0.5, 0.6) is 0 Å². The quantitative estimate of drug-likeness (QED) is 0.492. The molecule has 0 aliphatic heterocycles. The van der Waals surface area contributed by atoms with Crippen LogP contribution in [-0.4, -0.2) is 25.7 Å². The van der Waals surface area contributed by atoms with Gasteiger partial charge in [-0.1, -0.05) is 0 Å². The molecule has 0 fully saturated rings. The molecule has 0 bridgehead atoms. The van der Waals surface area contributed by atoms with Gasteiger partial charge in [-0.3, -0.25) is 0 Å². The summed E-state index contributed by atoms with van der Waals surface area (Å²) >= 11 is 0. The second-order valence-corrected chi connectivity index (χ2v) is 1.17. The molecule has 8 heavy (non-hydrogen) atoms. The van der Waals surface area contributed by atoms with Gasteiger partial charge in [-0.05, 0) is 10.4 Å². The maximum atomic E-state index is 8.37. The molecule has 5 nitrogen and oxygen atoms in total. The summed E-state index contributed by atoms with van der Waals surface area (Å²) in [4.78, 5) is 0. The van der Waals surface area contributed by atoms with E-state index in [2.05, 4.69) is 20.6 Å². The van der Waals surface area contributed by atoms with Gasteiger partial charge in [0, 0.05) is 0 Å². The molecule has 0 saturated heterocycles. The zero-order chi connectivity index (χ0) is 5.82. The molecule has 1 aromatic heterocycles. The summed E-state index contributed by atoms with van der Waals surface area (Å²) in [6.45, 7) is -0.136. The van der Waals surface area contributed by atoms with E-state index in [9.17, 15) is 0 Å². The lowest BCUT2D eigenvalue weighted by atomic mass is 10.5. The fourth-order valence-electron chi connectivity index (χ4n) is 0.291. The molecule has 1 rings (SSSR count). The van der Waals surface area contributed by atoms with Gasteiger partial charge >= 0.3 is 0 Å².